The van der Waals surface area contributed by atoms with E-state index >= 15 is 0 Å². The van der Waals surface area contributed by atoms with E-state index in [-0.39, 0.29) is 12.5 Å². The highest BCUT2D eigenvalue weighted by Gasteiger charge is 2.29. The van der Waals surface area contributed by atoms with Crippen molar-refractivity contribution >= 4 is 23.2 Å². The minimum absolute atomic E-state index is 0.205. The van der Waals surface area contributed by atoms with Gasteiger partial charge in [0.2, 0.25) is 11.8 Å². The maximum Gasteiger partial charge on any atom is 0.253 e. The topological polar surface area (TPSA) is 80.0 Å². The van der Waals surface area contributed by atoms with Crippen LogP contribution in [-0.2, 0) is 6.54 Å². The number of nitrogens with one attached hydrogen (secondary N) is 2. The third kappa shape index (κ3) is 3.39. The van der Waals surface area contributed by atoms with Crippen molar-refractivity contribution in [3.8, 4) is 0 Å². The third-order valence-corrected chi connectivity index (χ3v) is 3.64. The number of hydrogen-bond acceptors (Lipinski definition) is 5. The molecule has 1 aliphatic rings. The first kappa shape index (κ1) is 14.8. The normalized spacial score (nSPS) is 13.9. The van der Waals surface area contributed by atoms with E-state index in [0.29, 0.717) is 28.3 Å². The van der Waals surface area contributed by atoms with Crippen molar-refractivity contribution in [2.45, 2.75) is 32.2 Å². The molecule has 1 heterocycles. The van der Waals surface area contributed by atoms with Crippen LogP contribution in [0.3, 0.4) is 0 Å². The van der Waals surface area contributed by atoms with Crippen LogP contribution in [0.5, 0.6) is 0 Å². The van der Waals surface area contributed by atoms with Gasteiger partial charge in [0, 0.05) is 23.2 Å². The molecule has 0 spiro atoms. The highest BCUT2D eigenvalue weighted by Crippen LogP contribution is 2.38. The van der Waals surface area contributed by atoms with Gasteiger partial charge in [-0.25, -0.2) is 0 Å². The zero-order valence-corrected chi connectivity index (χ0v) is 13.0. The van der Waals surface area contributed by atoms with E-state index < -0.39 is 0 Å². The molecule has 6 nitrogen and oxygen atoms in total. The lowest BCUT2D eigenvalue weighted by atomic mass is 10.1. The number of benzene rings is 1. The van der Waals surface area contributed by atoms with Gasteiger partial charge < -0.3 is 15.1 Å². The molecule has 1 aromatic heterocycles. The van der Waals surface area contributed by atoms with E-state index in [9.17, 15) is 4.79 Å². The van der Waals surface area contributed by atoms with Crippen LogP contribution in [0.25, 0.3) is 0 Å². The monoisotopic (exact) mass is 320 g/mol. The summed E-state index contributed by atoms with van der Waals surface area (Å²) in [6.07, 6.45) is 2.20. The van der Waals surface area contributed by atoms with Crippen LogP contribution in [0.2, 0.25) is 5.02 Å². The maximum atomic E-state index is 12.3. The van der Waals surface area contributed by atoms with Gasteiger partial charge >= 0.3 is 0 Å². The van der Waals surface area contributed by atoms with E-state index in [4.69, 9.17) is 16.0 Å². The summed E-state index contributed by atoms with van der Waals surface area (Å²) in [5, 5.41) is 14.4. The molecule has 2 aromatic rings. The SMILES string of the molecule is CCNc1ccc(Cl)cc1C(=O)NCc1nnc(C2CC2)o1. The quantitative estimate of drug-likeness (QED) is 0.855. The van der Waals surface area contributed by atoms with Crippen LogP contribution in [0.15, 0.2) is 22.6 Å². The molecule has 1 aromatic carbocycles. The van der Waals surface area contributed by atoms with Crippen LogP contribution >= 0.6 is 11.6 Å². The Morgan fingerprint density at radius 1 is 1.41 bits per heavy atom. The second-order valence-electron chi connectivity index (χ2n) is 5.21. The summed E-state index contributed by atoms with van der Waals surface area (Å²) >= 11 is 5.97. The average Bonchev–Trinajstić information content (AvgIpc) is 3.26. The van der Waals surface area contributed by atoms with Gasteiger partial charge in [0.25, 0.3) is 5.91 Å². The van der Waals surface area contributed by atoms with Crippen molar-refractivity contribution in [3.05, 3.63) is 40.6 Å². The van der Waals surface area contributed by atoms with E-state index in [2.05, 4.69) is 20.8 Å². The lowest BCUT2D eigenvalue weighted by molar-refractivity contribution is 0.0948. The number of anilines is 1. The molecule has 0 unspecified atom stereocenters. The largest absolute Gasteiger partial charge is 0.423 e. The minimum atomic E-state index is -0.232. The van der Waals surface area contributed by atoms with Gasteiger partial charge in [-0.2, -0.15) is 0 Å². The summed E-state index contributed by atoms with van der Waals surface area (Å²) in [7, 11) is 0. The summed E-state index contributed by atoms with van der Waals surface area (Å²) in [6.45, 7) is 2.89. The highest BCUT2D eigenvalue weighted by molar-refractivity contribution is 6.31. The molecule has 116 valence electrons. The molecule has 1 aliphatic carbocycles. The lowest BCUT2D eigenvalue weighted by Crippen LogP contribution is -2.24. The fraction of sp³-hybridized carbons (Fsp3) is 0.400. The molecule has 1 amide bonds. The number of carbonyl (C=O) groups is 1. The smallest absolute Gasteiger partial charge is 0.253 e. The lowest BCUT2D eigenvalue weighted by Gasteiger charge is -2.10. The summed E-state index contributed by atoms with van der Waals surface area (Å²) in [6, 6.07) is 5.17. The van der Waals surface area contributed by atoms with Crippen LogP contribution in [-0.4, -0.2) is 22.6 Å². The summed E-state index contributed by atoms with van der Waals surface area (Å²) < 4.78 is 5.52. The van der Waals surface area contributed by atoms with E-state index in [1.54, 1.807) is 18.2 Å². The zero-order valence-electron chi connectivity index (χ0n) is 12.2. The molecule has 22 heavy (non-hydrogen) atoms. The van der Waals surface area contributed by atoms with E-state index in [1.165, 1.54) is 0 Å². The van der Waals surface area contributed by atoms with Crippen molar-refractivity contribution in [2.75, 3.05) is 11.9 Å². The Hall–Kier alpha value is -2.08. The fourth-order valence-electron chi connectivity index (χ4n) is 2.13. The molecule has 0 atom stereocenters. The molecule has 2 N–H and O–H groups in total. The predicted molar refractivity (Wildman–Crippen MR) is 83.1 cm³/mol. The van der Waals surface area contributed by atoms with Gasteiger partial charge in [-0.05, 0) is 38.0 Å². The van der Waals surface area contributed by atoms with Crippen LogP contribution in [0, 0.1) is 0 Å². The van der Waals surface area contributed by atoms with Gasteiger partial charge in [-0.1, -0.05) is 11.6 Å². The number of halogens is 1. The fourth-order valence-corrected chi connectivity index (χ4v) is 2.31. The first-order chi connectivity index (χ1) is 10.7. The summed E-state index contributed by atoms with van der Waals surface area (Å²) in [4.78, 5) is 12.3. The third-order valence-electron chi connectivity index (χ3n) is 3.40. The molecule has 0 saturated heterocycles. The number of carbonyl (C=O) groups excluding carboxylic acids is 1. The molecule has 7 heteroatoms. The summed E-state index contributed by atoms with van der Waals surface area (Å²) in [5.74, 6) is 1.26. The van der Waals surface area contributed by atoms with Gasteiger partial charge in [-0.15, -0.1) is 10.2 Å². The zero-order chi connectivity index (χ0) is 15.5. The number of rotatable bonds is 6. The molecule has 1 saturated carbocycles. The second kappa shape index (κ2) is 6.36. The van der Waals surface area contributed by atoms with Crippen LogP contribution < -0.4 is 10.6 Å². The number of nitrogens with zero attached hydrogens (tertiary/aromatic N) is 2. The molecule has 0 radical (unpaired) electrons. The molecule has 0 aliphatic heterocycles. The average molecular weight is 321 g/mol. The van der Waals surface area contributed by atoms with Gasteiger partial charge in [0.15, 0.2) is 0 Å². The van der Waals surface area contributed by atoms with Crippen LogP contribution in [0.1, 0.15) is 47.8 Å². The Balaban J connectivity index is 1.66. The van der Waals surface area contributed by atoms with Crippen molar-refractivity contribution in [2.24, 2.45) is 0 Å². The Kier molecular flexibility index (Phi) is 4.29. The molecular formula is C15H17ClN4O2. The first-order valence-electron chi connectivity index (χ1n) is 7.31. The Morgan fingerprint density at radius 3 is 2.95 bits per heavy atom. The first-order valence-corrected chi connectivity index (χ1v) is 7.69. The van der Waals surface area contributed by atoms with Gasteiger partial charge in [-0.3, -0.25) is 4.79 Å². The molecule has 3 rings (SSSR count). The molecular weight excluding hydrogens is 304 g/mol. The Bertz CT molecular complexity index is 682. The molecule has 1 fully saturated rings. The number of aromatic nitrogens is 2. The maximum absolute atomic E-state index is 12.3. The van der Waals surface area contributed by atoms with Crippen LogP contribution in [0.4, 0.5) is 5.69 Å². The van der Waals surface area contributed by atoms with Crippen molar-refractivity contribution < 1.29 is 9.21 Å². The van der Waals surface area contributed by atoms with E-state index in [1.807, 2.05) is 6.92 Å². The Labute approximate surface area is 133 Å². The minimum Gasteiger partial charge on any atom is -0.423 e. The standard InChI is InChI=1S/C15H17ClN4O2/c1-2-17-12-6-5-10(16)7-11(12)14(21)18-8-13-19-20-15(22-13)9-3-4-9/h5-7,9,17H,2-4,8H2,1H3,(H,18,21). The summed E-state index contributed by atoms with van der Waals surface area (Å²) in [5.41, 5.74) is 1.24. The molecule has 0 bridgehead atoms. The Morgan fingerprint density at radius 2 is 2.23 bits per heavy atom. The van der Waals surface area contributed by atoms with E-state index in [0.717, 1.165) is 25.1 Å². The number of hydrogen-bond donors (Lipinski definition) is 2. The number of amides is 1. The predicted octanol–water partition coefficient (Wildman–Crippen LogP) is 2.96. The second-order valence-corrected chi connectivity index (χ2v) is 5.65. The highest BCUT2D eigenvalue weighted by atomic mass is 35.5. The van der Waals surface area contributed by atoms with Gasteiger partial charge in [0.1, 0.15) is 0 Å². The van der Waals surface area contributed by atoms with Gasteiger partial charge in [0.05, 0.1) is 12.1 Å². The van der Waals surface area contributed by atoms with Crippen molar-refractivity contribution in [1.29, 1.82) is 0 Å². The van der Waals surface area contributed by atoms with Crippen molar-refractivity contribution in [3.63, 3.8) is 0 Å². The van der Waals surface area contributed by atoms with Crippen molar-refractivity contribution in [1.82, 2.24) is 15.5 Å².